The molecule has 1 amide bonds. The van der Waals surface area contributed by atoms with Crippen molar-refractivity contribution < 1.29 is 9.90 Å². The van der Waals surface area contributed by atoms with Gasteiger partial charge >= 0.3 is 0 Å². The van der Waals surface area contributed by atoms with E-state index >= 15 is 0 Å². The molecule has 13 heavy (non-hydrogen) atoms. The van der Waals surface area contributed by atoms with Crippen LogP contribution in [-0.4, -0.2) is 34.6 Å². The van der Waals surface area contributed by atoms with Gasteiger partial charge in [-0.2, -0.15) is 0 Å². The van der Waals surface area contributed by atoms with E-state index < -0.39 is 0 Å². The first-order chi connectivity index (χ1) is 6.26. The zero-order chi connectivity index (χ0) is 9.05. The van der Waals surface area contributed by atoms with Crippen molar-refractivity contribution in [3.63, 3.8) is 0 Å². The van der Waals surface area contributed by atoms with Gasteiger partial charge in [-0.15, -0.1) is 0 Å². The summed E-state index contributed by atoms with van der Waals surface area (Å²) in [5.74, 6) is 0.240. The summed E-state index contributed by atoms with van der Waals surface area (Å²) in [5, 5.41) is 10.0. The Hall–Kier alpha value is -0.570. The van der Waals surface area contributed by atoms with Crippen molar-refractivity contribution in [1.82, 2.24) is 4.90 Å². The zero-order valence-corrected chi connectivity index (χ0v) is 7.70. The van der Waals surface area contributed by atoms with Gasteiger partial charge in [0.1, 0.15) is 0 Å². The van der Waals surface area contributed by atoms with E-state index in [2.05, 4.69) is 0 Å². The van der Waals surface area contributed by atoms with Gasteiger partial charge in [0, 0.05) is 6.54 Å². The SMILES string of the molecule is O=C1N2CCCCC2C(O)C12CC2. The lowest BCUT2D eigenvalue weighted by molar-refractivity contribution is -0.134. The molecule has 0 bridgehead atoms. The number of amides is 1. The van der Waals surface area contributed by atoms with Crippen LogP contribution >= 0.6 is 0 Å². The van der Waals surface area contributed by atoms with Gasteiger partial charge in [0.25, 0.3) is 0 Å². The van der Waals surface area contributed by atoms with Crippen LogP contribution in [0.1, 0.15) is 32.1 Å². The number of nitrogens with zero attached hydrogens (tertiary/aromatic N) is 1. The lowest BCUT2D eigenvalue weighted by Gasteiger charge is -2.30. The fraction of sp³-hybridized carbons (Fsp3) is 0.900. The van der Waals surface area contributed by atoms with E-state index in [1.807, 2.05) is 4.90 Å². The molecule has 0 aromatic heterocycles. The molecule has 3 aliphatic rings. The van der Waals surface area contributed by atoms with E-state index in [9.17, 15) is 9.90 Å². The van der Waals surface area contributed by atoms with E-state index in [4.69, 9.17) is 0 Å². The summed E-state index contributed by atoms with van der Waals surface area (Å²) in [4.78, 5) is 13.8. The van der Waals surface area contributed by atoms with Gasteiger partial charge in [0.05, 0.1) is 17.6 Å². The van der Waals surface area contributed by atoms with E-state index in [0.29, 0.717) is 0 Å². The highest BCUT2D eigenvalue weighted by molar-refractivity contribution is 5.89. The summed E-state index contributed by atoms with van der Waals surface area (Å²) in [6.07, 6.45) is 4.77. The Labute approximate surface area is 77.7 Å². The molecule has 0 aromatic rings. The first kappa shape index (κ1) is 7.80. The third-order valence-corrected chi connectivity index (χ3v) is 3.96. The number of aliphatic hydroxyl groups is 1. The predicted molar refractivity (Wildman–Crippen MR) is 47.0 cm³/mol. The molecule has 0 radical (unpaired) electrons. The monoisotopic (exact) mass is 181 g/mol. The minimum Gasteiger partial charge on any atom is -0.390 e. The Bertz CT molecular complexity index is 260. The summed E-state index contributed by atoms with van der Waals surface area (Å²) in [5.41, 5.74) is -0.311. The van der Waals surface area contributed by atoms with Gasteiger partial charge in [-0.3, -0.25) is 4.79 Å². The standard InChI is InChI=1S/C10H15NO2/c12-8-7-3-1-2-6-11(7)9(13)10(8)4-5-10/h7-8,12H,1-6H2. The third-order valence-electron chi connectivity index (χ3n) is 3.96. The van der Waals surface area contributed by atoms with Crippen molar-refractivity contribution in [2.24, 2.45) is 5.41 Å². The maximum absolute atomic E-state index is 11.9. The van der Waals surface area contributed by atoms with Gasteiger partial charge in [-0.05, 0) is 32.1 Å². The summed E-state index contributed by atoms with van der Waals surface area (Å²) in [7, 11) is 0. The van der Waals surface area contributed by atoms with E-state index in [0.717, 1.165) is 32.2 Å². The molecule has 3 heteroatoms. The van der Waals surface area contributed by atoms with Gasteiger partial charge in [0.15, 0.2) is 0 Å². The van der Waals surface area contributed by atoms with Crippen molar-refractivity contribution in [2.75, 3.05) is 6.54 Å². The molecule has 1 N–H and O–H groups in total. The molecule has 1 aliphatic carbocycles. The molecule has 2 heterocycles. The predicted octanol–water partition coefficient (Wildman–Crippen LogP) is 0.522. The minimum absolute atomic E-state index is 0.156. The van der Waals surface area contributed by atoms with Crippen molar-refractivity contribution in [3.8, 4) is 0 Å². The van der Waals surface area contributed by atoms with Gasteiger partial charge in [0.2, 0.25) is 5.91 Å². The molecular weight excluding hydrogens is 166 g/mol. The highest BCUT2D eigenvalue weighted by Crippen LogP contribution is 2.57. The Morgan fingerprint density at radius 3 is 2.77 bits per heavy atom. The second-order valence-electron chi connectivity index (χ2n) is 4.66. The number of carbonyl (C=O) groups excluding carboxylic acids is 1. The molecule has 3 fully saturated rings. The Balaban J connectivity index is 1.94. The summed E-state index contributed by atoms with van der Waals surface area (Å²) in [6.45, 7) is 0.877. The van der Waals surface area contributed by atoms with Gasteiger partial charge < -0.3 is 10.0 Å². The van der Waals surface area contributed by atoms with Crippen LogP contribution in [0.5, 0.6) is 0 Å². The van der Waals surface area contributed by atoms with Crippen molar-refractivity contribution >= 4 is 5.91 Å². The third kappa shape index (κ3) is 0.810. The quantitative estimate of drug-likeness (QED) is 0.592. The van der Waals surface area contributed by atoms with Gasteiger partial charge in [-0.25, -0.2) is 0 Å². The Morgan fingerprint density at radius 1 is 1.38 bits per heavy atom. The number of hydrogen-bond acceptors (Lipinski definition) is 2. The van der Waals surface area contributed by atoms with Crippen LogP contribution in [0.15, 0.2) is 0 Å². The van der Waals surface area contributed by atoms with Crippen LogP contribution in [0.4, 0.5) is 0 Å². The Morgan fingerprint density at radius 2 is 2.15 bits per heavy atom. The van der Waals surface area contributed by atoms with Crippen molar-refractivity contribution in [3.05, 3.63) is 0 Å². The molecule has 1 saturated carbocycles. The van der Waals surface area contributed by atoms with E-state index in [-0.39, 0.29) is 23.5 Å². The normalized spacial score (nSPS) is 41.0. The second-order valence-corrected chi connectivity index (χ2v) is 4.66. The molecule has 0 aromatic carbocycles. The fourth-order valence-corrected chi connectivity index (χ4v) is 2.96. The van der Waals surface area contributed by atoms with Crippen LogP contribution in [0.3, 0.4) is 0 Å². The highest BCUT2D eigenvalue weighted by Gasteiger charge is 2.65. The molecule has 1 spiro atoms. The molecule has 72 valence electrons. The molecule has 2 atom stereocenters. The van der Waals surface area contributed by atoms with Crippen LogP contribution in [-0.2, 0) is 4.79 Å². The summed E-state index contributed by atoms with van der Waals surface area (Å²) in [6, 6.07) is 0.156. The maximum Gasteiger partial charge on any atom is 0.231 e. The lowest BCUT2D eigenvalue weighted by atomic mass is 9.94. The molecule has 3 nitrogen and oxygen atoms in total. The molecule has 2 saturated heterocycles. The van der Waals surface area contributed by atoms with Crippen LogP contribution in [0.25, 0.3) is 0 Å². The van der Waals surface area contributed by atoms with Crippen LogP contribution in [0.2, 0.25) is 0 Å². The topological polar surface area (TPSA) is 40.5 Å². The molecule has 3 rings (SSSR count). The van der Waals surface area contributed by atoms with Gasteiger partial charge in [-0.1, -0.05) is 0 Å². The average molecular weight is 181 g/mol. The number of aliphatic hydroxyl groups excluding tert-OH is 1. The number of carbonyl (C=O) groups is 1. The van der Waals surface area contributed by atoms with Crippen molar-refractivity contribution in [2.45, 2.75) is 44.2 Å². The highest BCUT2D eigenvalue weighted by atomic mass is 16.3. The lowest BCUT2D eigenvalue weighted by Crippen LogP contribution is -2.40. The number of piperidine rings is 1. The van der Waals surface area contributed by atoms with Crippen LogP contribution in [0, 0.1) is 5.41 Å². The average Bonchev–Trinajstić information content (AvgIpc) is 2.93. The summed E-state index contributed by atoms with van der Waals surface area (Å²) >= 11 is 0. The maximum atomic E-state index is 11.9. The number of hydrogen-bond donors (Lipinski definition) is 1. The molecular formula is C10H15NO2. The smallest absolute Gasteiger partial charge is 0.231 e. The minimum atomic E-state index is -0.361. The zero-order valence-electron chi connectivity index (χ0n) is 7.70. The summed E-state index contributed by atoms with van der Waals surface area (Å²) < 4.78 is 0. The number of rotatable bonds is 0. The molecule has 2 aliphatic heterocycles. The first-order valence-corrected chi connectivity index (χ1v) is 5.25. The van der Waals surface area contributed by atoms with Crippen molar-refractivity contribution in [1.29, 1.82) is 0 Å². The van der Waals surface area contributed by atoms with E-state index in [1.54, 1.807) is 0 Å². The number of fused-ring (bicyclic) bond motifs is 1. The molecule has 2 unspecified atom stereocenters. The second kappa shape index (κ2) is 2.27. The fourth-order valence-electron chi connectivity index (χ4n) is 2.96. The van der Waals surface area contributed by atoms with E-state index in [1.165, 1.54) is 6.42 Å². The van der Waals surface area contributed by atoms with Crippen LogP contribution < -0.4 is 0 Å². The first-order valence-electron chi connectivity index (χ1n) is 5.25. The Kier molecular flexibility index (Phi) is 1.36. The largest absolute Gasteiger partial charge is 0.390 e.